The van der Waals surface area contributed by atoms with Crippen LogP contribution in [0.4, 0.5) is 0 Å². The molecule has 1 saturated carbocycles. The molecule has 2 unspecified atom stereocenters. The van der Waals surface area contributed by atoms with E-state index < -0.39 is 0 Å². The number of benzene rings is 1. The van der Waals surface area contributed by atoms with Crippen LogP contribution in [0, 0.1) is 17.2 Å². The second-order valence-corrected chi connectivity index (χ2v) is 5.30. The van der Waals surface area contributed by atoms with E-state index in [2.05, 4.69) is 13.0 Å². The fourth-order valence-electron chi connectivity index (χ4n) is 2.64. The second-order valence-electron chi connectivity index (χ2n) is 4.86. The standard InChI is InChI=1S/C15H18ClNO/c1-2-11-5-3-4-6-14(11)18-15-9-13(16)8-7-12(15)10-17/h7-9,11,14H,2-6H2,1H3. The maximum Gasteiger partial charge on any atom is 0.138 e. The summed E-state index contributed by atoms with van der Waals surface area (Å²) in [5.41, 5.74) is 0.569. The molecule has 1 aromatic rings. The topological polar surface area (TPSA) is 33.0 Å². The number of hydrogen-bond donors (Lipinski definition) is 0. The highest BCUT2D eigenvalue weighted by molar-refractivity contribution is 6.30. The van der Waals surface area contributed by atoms with Gasteiger partial charge in [0.1, 0.15) is 17.9 Å². The summed E-state index contributed by atoms with van der Waals surface area (Å²) in [5, 5.41) is 9.71. The van der Waals surface area contributed by atoms with Gasteiger partial charge in [0.15, 0.2) is 0 Å². The monoisotopic (exact) mass is 263 g/mol. The highest BCUT2D eigenvalue weighted by atomic mass is 35.5. The van der Waals surface area contributed by atoms with Gasteiger partial charge in [0.2, 0.25) is 0 Å². The normalized spacial score (nSPS) is 23.4. The van der Waals surface area contributed by atoms with Gasteiger partial charge in [0.05, 0.1) is 5.56 Å². The average Bonchev–Trinajstić information content (AvgIpc) is 2.40. The van der Waals surface area contributed by atoms with E-state index in [0.29, 0.717) is 22.3 Å². The lowest BCUT2D eigenvalue weighted by molar-refractivity contribution is 0.0901. The van der Waals surface area contributed by atoms with Gasteiger partial charge >= 0.3 is 0 Å². The Kier molecular flexibility index (Phi) is 4.49. The summed E-state index contributed by atoms with van der Waals surface area (Å²) < 4.78 is 6.05. The van der Waals surface area contributed by atoms with Crippen LogP contribution in [-0.2, 0) is 0 Å². The van der Waals surface area contributed by atoms with E-state index in [4.69, 9.17) is 21.6 Å². The molecule has 1 fully saturated rings. The summed E-state index contributed by atoms with van der Waals surface area (Å²) in [6.07, 6.45) is 6.17. The molecular formula is C15H18ClNO. The van der Waals surface area contributed by atoms with Crippen LogP contribution in [0.1, 0.15) is 44.6 Å². The Morgan fingerprint density at radius 1 is 1.39 bits per heavy atom. The maximum absolute atomic E-state index is 9.09. The maximum atomic E-state index is 9.09. The van der Waals surface area contributed by atoms with E-state index in [9.17, 15) is 0 Å². The summed E-state index contributed by atoms with van der Waals surface area (Å²) in [6.45, 7) is 2.20. The zero-order valence-electron chi connectivity index (χ0n) is 10.7. The fraction of sp³-hybridized carbons (Fsp3) is 0.533. The van der Waals surface area contributed by atoms with Crippen LogP contribution >= 0.6 is 11.6 Å². The molecule has 0 heterocycles. The SMILES string of the molecule is CCC1CCCCC1Oc1cc(Cl)ccc1C#N. The zero-order valence-corrected chi connectivity index (χ0v) is 11.4. The number of rotatable bonds is 3. The molecule has 2 rings (SSSR count). The van der Waals surface area contributed by atoms with E-state index >= 15 is 0 Å². The number of halogens is 1. The van der Waals surface area contributed by atoms with Crippen molar-refractivity contribution in [2.24, 2.45) is 5.92 Å². The molecule has 0 saturated heterocycles. The first-order valence-electron chi connectivity index (χ1n) is 6.61. The predicted molar refractivity (Wildman–Crippen MR) is 72.8 cm³/mol. The van der Waals surface area contributed by atoms with E-state index in [1.807, 2.05) is 0 Å². The van der Waals surface area contributed by atoms with Crippen molar-refractivity contribution in [2.75, 3.05) is 0 Å². The van der Waals surface area contributed by atoms with Crippen molar-refractivity contribution >= 4 is 11.6 Å². The van der Waals surface area contributed by atoms with E-state index in [1.54, 1.807) is 18.2 Å². The Bertz CT molecular complexity index is 452. The quantitative estimate of drug-likeness (QED) is 0.801. The summed E-state index contributed by atoms with van der Waals surface area (Å²) >= 11 is 5.97. The van der Waals surface area contributed by atoms with Gasteiger partial charge in [-0.05, 0) is 43.7 Å². The smallest absolute Gasteiger partial charge is 0.138 e. The van der Waals surface area contributed by atoms with Crippen LogP contribution in [0.5, 0.6) is 5.75 Å². The summed E-state index contributed by atoms with van der Waals surface area (Å²) in [7, 11) is 0. The molecule has 1 aromatic carbocycles. The van der Waals surface area contributed by atoms with Crippen LogP contribution in [-0.4, -0.2) is 6.10 Å². The van der Waals surface area contributed by atoms with E-state index in [-0.39, 0.29) is 6.10 Å². The van der Waals surface area contributed by atoms with Crippen LogP contribution in [0.15, 0.2) is 18.2 Å². The highest BCUT2D eigenvalue weighted by Gasteiger charge is 2.26. The first kappa shape index (κ1) is 13.2. The molecule has 2 atom stereocenters. The number of ether oxygens (including phenoxy) is 1. The van der Waals surface area contributed by atoms with Crippen molar-refractivity contribution in [3.63, 3.8) is 0 Å². The Labute approximate surface area is 114 Å². The van der Waals surface area contributed by atoms with Gasteiger partial charge in [0, 0.05) is 11.1 Å². The Morgan fingerprint density at radius 3 is 2.89 bits per heavy atom. The van der Waals surface area contributed by atoms with Crippen molar-refractivity contribution in [1.29, 1.82) is 5.26 Å². The molecule has 18 heavy (non-hydrogen) atoms. The van der Waals surface area contributed by atoms with Crippen molar-refractivity contribution in [2.45, 2.75) is 45.1 Å². The van der Waals surface area contributed by atoms with Crippen molar-refractivity contribution < 1.29 is 4.74 Å². The van der Waals surface area contributed by atoms with Gasteiger partial charge in [-0.3, -0.25) is 0 Å². The van der Waals surface area contributed by atoms with Gasteiger partial charge in [0.25, 0.3) is 0 Å². The third kappa shape index (κ3) is 2.97. The molecule has 0 aromatic heterocycles. The average molecular weight is 264 g/mol. The van der Waals surface area contributed by atoms with Gasteiger partial charge in [-0.25, -0.2) is 0 Å². The lowest BCUT2D eigenvalue weighted by Gasteiger charge is -2.31. The molecule has 0 amide bonds. The van der Waals surface area contributed by atoms with Crippen LogP contribution in [0.25, 0.3) is 0 Å². The van der Waals surface area contributed by atoms with Gasteiger partial charge in [-0.2, -0.15) is 5.26 Å². The Morgan fingerprint density at radius 2 is 2.17 bits per heavy atom. The zero-order chi connectivity index (χ0) is 13.0. The van der Waals surface area contributed by atoms with Crippen LogP contribution < -0.4 is 4.74 Å². The van der Waals surface area contributed by atoms with Gasteiger partial charge in [-0.15, -0.1) is 0 Å². The van der Waals surface area contributed by atoms with E-state index in [1.165, 1.54) is 19.3 Å². The Balaban J connectivity index is 2.17. The highest BCUT2D eigenvalue weighted by Crippen LogP contribution is 2.32. The first-order valence-corrected chi connectivity index (χ1v) is 6.98. The summed E-state index contributed by atoms with van der Waals surface area (Å²) in [4.78, 5) is 0. The number of hydrogen-bond acceptors (Lipinski definition) is 2. The molecule has 2 nitrogen and oxygen atoms in total. The third-order valence-electron chi connectivity index (χ3n) is 3.71. The molecule has 96 valence electrons. The molecule has 0 radical (unpaired) electrons. The molecule has 1 aliphatic carbocycles. The molecule has 3 heteroatoms. The van der Waals surface area contributed by atoms with Crippen LogP contribution in [0.3, 0.4) is 0 Å². The minimum atomic E-state index is 0.231. The molecule has 0 spiro atoms. The van der Waals surface area contributed by atoms with Crippen molar-refractivity contribution in [3.05, 3.63) is 28.8 Å². The second kappa shape index (κ2) is 6.11. The minimum Gasteiger partial charge on any atom is -0.489 e. The summed E-state index contributed by atoms with van der Waals surface area (Å²) in [5.74, 6) is 1.24. The third-order valence-corrected chi connectivity index (χ3v) is 3.94. The Hall–Kier alpha value is -1.20. The fourth-order valence-corrected chi connectivity index (χ4v) is 2.81. The lowest BCUT2D eigenvalue weighted by atomic mass is 9.84. The lowest BCUT2D eigenvalue weighted by Crippen LogP contribution is -2.30. The van der Waals surface area contributed by atoms with Crippen molar-refractivity contribution in [1.82, 2.24) is 0 Å². The number of nitrogens with zero attached hydrogens (tertiary/aromatic N) is 1. The largest absolute Gasteiger partial charge is 0.489 e. The van der Waals surface area contributed by atoms with Gasteiger partial charge in [-0.1, -0.05) is 24.9 Å². The minimum absolute atomic E-state index is 0.231. The molecule has 0 bridgehead atoms. The number of nitriles is 1. The van der Waals surface area contributed by atoms with Crippen molar-refractivity contribution in [3.8, 4) is 11.8 Å². The predicted octanol–water partition coefficient (Wildman–Crippen LogP) is 4.56. The van der Waals surface area contributed by atoms with Crippen LogP contribution in [0.2, 0.25) is 5.02 Å². The molecular weight excluding hydrogens is 246 g/mol. The first-order chi connectivity index (χ1) is 8.74. The molecule has 1 aliphatic rings. The molecule has 0 N–H and O–H groups in total. The molecule has 0 aliphatic heterocycles. The van der Waals surface area contributed by atoms with E-state index in [0.717, 1.165) is 12.8 Å². The van der Waals surface area contributed by atoms with Gasteiger partial charge < -0.3 is 4.74 Å². The summed E-state index contributed by atoms with van der Waals surface area (Å²) in [6, 6.07) is 7.36.